The standard InChI is InChI=1S/C59H48BNO3/c1-57(2,3)35-23-21-33(22-24-35)34-27-50-54-51(28-34)63-52-32-47(61-45-19-13-10-16-38(45)41-30-43-40(31-46(41)61)37-15-9-12-18-42(37)59(43,7)8)53-39-17-11-14-20-48(39)64-56(53)55(52)60(54)44-29-36(58(4,5)6)25-26-49(44)62-50/h9-32H,1-8H3. The Bertz CT molecular complexity index is 3660. The van der Waals surface area contributed by atoms with Gasteiger partial charge in [0, 0.05) is 38.6 Å². The number of hydrogen-bond acceptors (Lipinski definition) is 3. The maximum absolute atomic E-state index is 7.34. The highest BCUT2D eigenvalue weighted by atomic mass is 16.5. The minimum atomic E-state index is -0.200. The highest BCUT2D eigenvalue weighted by molar-refractivity contribution is 6.99. The van der Waals surface area contributed by atoms with Gasteiger partial charge in [0.1, 0.15) is 34.2 Å². The molecule has 1 aliphatic carbocycles. The number of para-hydroxylation sites is 2. The number of furan rings is 1. The molecule has 0 spiro atoms. The molecular weight excluding hydrogens is 781 g/mol. The molecule has 13 rings (SSSR count). The minimum absolute atomic E-state index is 0.0519. The molecule has 64 heavy (non-hydrogen) atoms. The SMILES string of the molecule is CC(C)(C)c1ccc(-c2cc3c4c(c2)Oc2cc(-n5c6ccccc6c6cc7c(cc65)-c5ccccc5C7(C)C)c5c(oc6ccccc65)c2B4c2cc(C(C)(C)C)ccc2O3)cc1. The fourth-order valence-electron chi connectivity index (χ4n) is 11.2. The van der Waals surface area contributed by atoms with E-state index in [1.54, 1.807) is 0 Å². The summed E-state index contributed by atoms with van der Waals surface area (Å²) < 4.78 is 23.9. The molecule has 8 aromatic carbocycles. The molecule has 0 unspecified atom stereocenters. The van der Waals surface area contributed by atoms with Crippen LogP contribution in [0.4, 0.5) is 0 Å². The second-order valence-electron chi connectivity index (χ2n) is 20.9. The van der Waals surface area contributed by atoms with Gasteiger partial charge in [-0.15, -0.1) is 0 Å². The maximum atomic E-state index is 7.34. The molecule has 2 aromatic heterocycles. The summed E-state index contributed by atoms with van der Waals surface area (Å²) in [5.41, 5.74) is 18.1. The Morgan fingerprint density at radius 1 is 0.500 bits per heavy atom. The highest BCUT2D eigenvalue weighted by Gasteiger charge is 2.44. The molecule has 0 saturated heterocycles. The van der Waals surface area contributed by atoms with Crippen LogP contribution in [-0.4, -0.2) is 11.3 Å². The van der Waals surface area contributed by atoms with Crippen LogP contribution in [0.25, 0.3) is 71.7 Å². The van der Waals surface area contributed by atoms with E-state index >= 15 is 0 Å². The van der Waals surface area contributed by atoms with Gasteiger partial charge in [0.25, 0.3) is 6.71 Å². The first kappa shape index (κ1) is 37.6. The Balaban J connectivity index is 1.12. The van der Waals surface area contributed by atoms with Crippen LogP contribution in [0.1, 0.15) is 77.6 Å². The number of aromatic nitrogens is 1. The number of benzene rings is 8. The zero-order valence-corrected chi connectivity index (χ0v) is 37.6. The van der Waals surface area contributed by atoms with E-state index in [0.29, 0.717) is 0 Å². The zero-order chi connectivity index (χ0) is 43.6. The lowest BCUT2D eigenvalue weighted by molar-refractivity contribution is 0.464. The fourth-order valence-corrected chi connectivity index (χ4v) is 11.2. The van der Waals surface area contributed by atoms with Gasteiger partial charge in [0.2, 0.25) is 0 Å². The molecule has 0 saturated carbocycles. The first-order valence-corrected chi connectivity index (χ1v) is 22.7. The first-order valence-electron chi connectivity index (χ1n) is 22.7. The van der Waals surface area contributed by atoms with Gasteiger partial charge in [0.05, 0.1) is 22.1 Å². The van der Waals surface area contributed by atoms with E-state index in [1.165, 1.54) is 44.2 Å². The van der Waals surface area contributed by atoms with Crippen LogP contribution in [0, 0.1) is 0 Å². The van der Waals surface area contributed by atoms with Crippen molar-refractivity contribution in [3.05, 3.63) is 168 Å². The highest BCUT2D eigenvalue weighted by Crippen LogP contribution is 2.52. The molecule has 2 aliphatic heterocycles. The van der Waals surface area contributed by atoms with Gasteiger partial charge in [-0.05, 0) is 103 Å². The van der Waals surface area contributed by atoms with Crippen LogP contribution in [0.3, 0.4) is 0 Å². The van der Waals surface area contributed by atoms with Gasteiger partial charge in [-0.25, -0.2) is 0 Å². The van der Waals surface area contributed by atoms with Crippen LogP contribution in [0.15, 0.2) is 150 Å². The van der Waals surface area contributed by atoms with Crippen molar-refractivity contribution in [1.29, 1.82) is 0 Å². The third-order valence-electron chi connectivity index (χ3n) is 14.6. The number of nitrogens with zero attached hydrogens (tertiary/aromatic N) is 1. The molecule has 310 valence electrons. The van der Waals surface area contributed by atoms with Gasteiger partial charge in [0.15, 0.2) is 0 Å². The number of fused-ring (bicyclic) bond motifs is 14. The molecule has 4 heterocycles. The number of ether oxygens (including phenoxy) is 2. The van der Waals surface area contributed by atoms with Gasteiger partial charge in [-0.2, -0.15) is 0 Å². The van der Waals surface area contributed by atoms with E-state index in [0.717, 1.165) is 89.2 Å². The smallest absolute Gasteiger partial charge is 0.265 e. The van der Waals surface area contributed by atoms with Crippen molar-refractivity contribution in [2.45, 2.75) is 71.6 Å². The van der Waals surface area contributed by atoms with Crippen molar-refractivity contribution in [2.75, 3.05) is 0 Å². The molecule has 0 amide bonds. The summed E-state index contributed by atoms with van der Waals surface area (Å²) in [7, 11) is 0. The molecule has 0 radical (unpaired) electrons. The minimum Gasteiger partial charge on any atom is -0.458 e. The summed E-state index contributed by atoms with van der Waals surface area (Å²) in [6.45, 7) is 18.1. The van der Waals surface area contributed by atoms with E-state index < -0.39 is 0 Å². The molecule has 10 aromatic rings. The Hall–Kier alpha value is -6.98. The summed E-state index contributed by atoms with van der Waals surface area (Å²) in [5, 5.41) is 4.60. The third kappa shape index (κ3) is 5.12. The van der Waals surface area contributed by atoms with E-state index in [-0.39, 0.29) is 23.0 Å². The Morgan fingerprint density at radius 2 is 1.16 bits per heavy atom. The topological polar surface area (TPSA) is 36.5 Å². The molecule has 4 nitrogen and oxygen atoms in total. The summed E-state index contributed by atoms with van der Waals surface area (Å²) >= 11 is 0. The van der Waals surface area contributed by atoms with E-state index in [4.69, 9.17) is 13.9 Å². The lowest BCUT2D eigenvalue weighted by Crippen LogP contribution is -2.57. The molecule has 5 heteroatoms. The second-order valence-corrected chi connectivity index (χ2v) is 20.9. The van der Waals surface area contributed by atoms with Crippen LogP contribution >= 0.6 is 0 Å². The quantitative estimate of drug-likeness (QED) is 0.163. The zero-order valence-electron chi connectivity index (χ0n) is 37.6. The largest absolute Gasteiger partial charge is 0.458 e. The summed E-state index contributed by atoms with van der Waals surface area (Å²) in [6, 6.07) is 53.6. The molecule has 0 fully saturated rings. The second kappa shape index (κ2) is 12.6. The van der Waals surface area contributed by atoms with Crippen molar-refractivity contribution in [2.24, 2.45) is 0 Å². The van der Waals surface area contributed by atoms with Gasteiger partial charge >= 0.3 is 0 Å². The van der Waals surface area contributed by atoms with E-state index in [1.807, 2.05) is 0 Å². The number of hydrogen-bond donors (Lipinski definition) is 0. The summed E-state index contributed by atoms with van der Waals surface area (Å²) in [4.78, 5) is 0. The van der Waals surface area contributed by atoms with Crippen molar-refractivity contribution >= 4 is 66.8 Å². The van der Waals surface area contributed by atoms with Crippen LogP contribution in [0.5, 0.6) is 23.0 Å². The molecule has 3 aliphatic rings. The average molecular weight is 830 g/mol. The Morgan fingerprint density at radius 3 is 1.92 bits per heavy atom. The summed E-state index contributed by atoms with van der Waals surface area (Å²) in [6.07, 6.45) is 0. The maximum Gasteiger partial charge on any atom is 0.265 e. The first-order chi connectivity index (χ1) is 30.7. The molecule has 0 bridgehead atoms. The third-order valence-corrected chi connectivity index (χ3v) is 14.6. The van der Waals surface area contributed by atoms with Gasteiger partial charge < -0.3 is 18.5 Å². The molecule has 0 atom stereocenters. The normalized spacial score (nSPS) is 14.6. The predicted molar refractivity (Wildman–Crippen MR) is 266 cm³/mol. The van der Waals surface area contributed by atoms with Crippen LogP contribution in [-0.2, 0) is 16.2 Å². The van der Waals surface area contributed by atoms with E-state index in [9.17, 15) is 0 Å². The lowest BCUT2D eigenvalue weighted by atomic mass is 9.34. The van der Waals surface area contributed by atoms with Crippen molar-refractivity contribution in [3.8, 4) is 50.9 Å². The van der Waals surface area contributed by atoms with Crippen molar-refractivity contribution in [3.63, 3.8) is 0 Å². The van der Waals surface area contributed by atoms with Gasteiger partial charge in [-0.3, -0.25) is 0 Å². The lowest BCUT2D eigenvalue weighted by Gasteiger charge is -2.34. The van der Waals surface area contributed by atoms with Crippen LogP contribution < -0.4 is 25.9 Å². The predicted octanol–water partition coefficient (Wildman–Crippen LogP) is 14.0. The number of rotatable bonds is 2. The van der Waals surface area contributed by atoms with Crippen LogP contribution in [0.2, 0.25) is 0 Å². The van der Waals surface area contributed by atoms with Crippen molar-refractivity contribution < 1.29 is 13.9 Å². The van der Waals surface area contributed by atoms with E-state index in [2.05, 4.69) is 206 Å². The van der Waals surface area contributed by atoms with Crippen molar-refractivity contribution in [1.82, 2.24) is 4.57 Å². The monoisotopic (exact) mass is 829 g/mol. The van der Waals surface area contributed by atoms with Gasteiger partial charge in [-0.1, -0.05) is 152 Å². The molecule has 0 N–H and O–H groups in total. The Kier molecular flexibility index (Phi) is 7.40. The fraction of sp³-hybridized carbons (Fsp3) is 0.186. The average Bonchev–Trinajstić information content (AvgIpc) is 3.90. The summed E-state index contributed by atoms with van der Waals surface area (Å²) in [5.74, 6) is 3.26. The Labute approximate surface area is 374 Å². The molecular formula is C59H48BNO3.